The third-order valence-electron chi connectivity index (χ3n) is 3.22. The van der Waals surface area contributed by atoms with Crippen molar-refractivity contribution in [2.24, 2.45) is 5.92 Å². The number of hydrogen-bond donors (Lipinski definition) is 3. The lowest BCUT2D eigenvalue weighted by atomic mass is 9.96. The second kappa shape index (κ2) is 9.42. The SMILES string of the molecule is CCCC(CC(=O)NC)C(O)NC(CC)CC. The van der Waals surface area contributed by atoms with Crippen LogP contribution in [0.2, 0.25) is 0 Å². The van der Waals surface area contributed by atoms with E-state index in [-0.39, 0.29) is 11.8 Å². The van der Waals surface area contributed by atoms with Gasteiger partial charge in [-0.25, -0.2) is 0 Å². The van der Waals surface area contributed by atoms with Gasteiger partial charge in [0.1, 0.15) is 6.23 Å². The summed E-state index contributed by atoms with van der Waals surface area (Å²) in [7, 11) is 1.63. The Balaban J connectivity index is 4.31. The van der Waals surface area contributed by atoms with Crippen molar-refractivity contribution in [3.05, 3.63) is 0 Å². The number of nitrogens with one attached hydrogen (secondary N) is 2. The van der Waals surface area contributed by atoms with Crippen LogP contribution in [-0.2, 0) is 4.79 Å². The van der Waals surface area contributed by atoms with E-state index in [0.29, 0.717) is 12.5 Å². The molecule has 3 N–H and O–H groups in total. The van der Waals surface area contributed by atoms with E-state index in [2.05, 4.69) is 31.4 Å². The zero-order valence-electron chi connectivity index (χ0n) is 11.6. The maximum Gasteiger partial charge on any atom is 0.220 e. The van der Waals surface area contributed by atoms with E-state index in [0.717, 1.165) is 25.7 Å². The van der Waals surface area contributed by atoms with Gasteiger partial charge in [-0.1, -0.05) is 27.2 Å². The quantitative estimate of drug-likeness (QED) is 0.540. The number of carbonyl (C=O) groups is 1. The van der Waals surface area contributed by atoms with E-state index < -0.39 is 6.23 Å². The van der Waals surface area contributed by atoms with Crippen LogP contribution in [0.15, 0.2) is 0 Å². The summed E-state index contributed by atoms with van der Waals surface area (Å²) in [6, 6.07) is 0.328. The second-order valence-electron chi connectivity index (χ2n) is 4.55. The number of carbonyl (C=O) groups excluding carboxylic acids is 1. The third-order valence-corrected chi connectivity index (χ3v) is 3.22. The van der Waals surface area contributed by atoms with Crippen molar-refractivity contribution in [2.45, 2.75) is 65.1 Å². The highest BCUT2D eigenvalue weighted by atomic mass is 16.3. The fourth-order valence-electron chi connectivity index (χ4n) is 1.98. The summed E-state index contributed by atoms with van der Waals surface area (Å²) in [5.74, 6) is -0.00519. The molecule has 1 amide bonds. The monoisotopic (exact) mass is 244 g/mol. The molecule has 0 rings (SSSR count). The molecule has 0 aromatic carbocycles. The molecule has 4 nitrogen and oxygen atoms in total. The molecule has 4 heteroatoms. The molecule has 0 spiro atoms. The van der Waals surface area contributed by atoms with Gasteiger partial charge in [-0.15, -0.1) is 0 Å². The van der Waals surface area contributed by atoms with Crippen LogP contribution in [0.1, 0.15) is 52.9 Å². The Hall–Kier alpha value is -0.610. The summed E-state index contributed by atoms with van der Waals surface area (Å²) in [5, 5.41) is 15.9. The fourth-order valence-corrected chi connectivity index (χ4v) is 1.98. The lowest BCUT2D eigenvalue weighted by molar-refractivity contribution is -0.122. The highest BCUT2D eigenvalue weighted by Crippen LogP contribution is 2.16. The summed E-state index contributed by atoms with van der Waals surface area (Å²) in [4.78, 5) is 11.4. The molecule has 0 fully saturated rings. The second-order valence-corrected chi connectivity index (χ2v) is 4.55. The van der Waals surface area contributed by atoms with Crippen molar-refractivity contribution in [3.8, 4) is 0 Å². The van der Waals surface area contributed by atoms with Crippen molar-refractivity contribution in [2.75, 3.05) is 7.05 Å². The normalized spacial score (nSPS) is 14.7. The van der Waals surface area contributed by atoms with Gasteiger partial charge < -0.3 is 10.4 Å². The van der Waals surface area contributed by atoms with Crippen LogP contribution in [0.3, 0.4) is 0 Å². The van der Waals surface area contributed by atoms with Crippen LogP contribution in [-0.4, -0.2) is 30.3 Å². The molecule has 2 atom stereocenters. The van der Waals surface area contributed by atoms with Gasteiger partial charge in [0.25, 0.3) is 0 Å². The molecule has 0 bridgehead atoms. The Kier molecular flexibility index (Phi) is 9.09. The summed E-state index contributed by atoms with van der Waals surface area (Å²) in [6.07, 6.45) is 3.62. The maximum atomic E-state index is 11.4. The number of aliphatic hydroxyl groups excluding tert-OH is 1. The predicted molar refractivity (Wildman–Crippen MR) is 70.6 cm³/mol. The van der Waals surface area contributed by atoms with Crippen molar-refractivity contribution in [3.63, 3.8) is 0 Å². The lowest BCUT2D eigenvalue weighted by Gasteiger charge is -2.27. The summed E-state index contributed by atoms with van der Waals surface area (Å²) < 4.78 is 0. The minimum absolute atomic E-state index is 0.000509. The van der Waals surface area contributed by atoms with Crippen LogP contribution in [0, 0.1) is 5.92 Å². The van der Waals surface area contributed by atoms with Crippen LogP contribution in [0.5, 0.6) is 0 Å². The van der Waals surface area contributed by atoms with Crippen LogP contribution in [0.4, 0.5) is 0 Å². The van der Waals surface area contributed by atoms with Crippen LogP contribution >= 0.6 is 0 Å². The van der Waals surface area contributed by atoms with Gasteiger partial charge in [0.05, 0.1) is 0 Å². The molecule has 17 heavy (non-hydrogen) atoms. The van der Waals surface area contributed by atoms with Gasteiger partial charge in [-0.3, -0.25) is 10.1 Å². The Morgan fingerprint density at radius 3 is 2.24 bits per heavy atom. The zero-order chi connectivity index (χ0) is 13.3. The number of rotatable bonds is 9. The van der Waals surface area contributed by atoms with E-state index in [4.69, 9.17) is 0 Å². The van der Waals surface area contributed by atoms with Crippen molar-refractivity contribution in [1.29, 1.82) is 0 Å². The zero-order valence-corrected chi connectivity index (χ0v) is 11.6. The van der Waals surface area contributed by atoms with Gasteiger partial charge in [0, 0.05) is 25.4 Å². The fraction of sp³-hybridized carbons (Fsp3) is 0.923. The first kappa shape index (κ1) is 16.4. The van der Waals surface area contributed by atoms with E-state index >= 15 is 0 Å². The Morgan fingerprint density at radius 1 is 1.24 bits per heavy atom. The topological polar surface area (TPSA) is 61.4 Å². The highest BCUT2D eigenvalue weighted by molar-refractivity contribution is 5.75. The molecular formula is C13H28N2O2. The molecule has 0 saturated heterocycles. The molecule has 0 aromatic rings. The number of amides is 1. The largest absolute Gasteiger partial charge is 0.378 e. The third kappa shape index (κ3) is 6.64. The summed E-state index contributed by atoms with van der Waals surface area (Å²) >= 11 is 0. The van der Waals surface area contributed by atoms with Crippen molar-refractivity contribution in [1.82, 2.24) is 10.6 Å². The van der Waals surface area contributed by atoms with Gasteiger partial charge in [-0.2, -0.15) is 0 Å². The van der Waals surface area contributed by atoms with Crippen LogP contribution < -0.4 is 10.6 Å². The van der Waals surface area contributed by atoms with E-state index in [9.17, 15) is 9.90 Å². The van der Waals surface area contributed by atoms with Crippen molar-refractivity contribution < 1.29 is 9.90 Å². The molecule has 0 aromatic heterocycles. The minimum atomic E-state index is -0.586. The molecule has 0 aliphatic heterocycles. The maximum absolute atomic E-state index is 11.4. The first-order valence-corrected chi connectivity index (χ1v) is 6.73. The molecular weight excluding hydrogens is 216 g/mol. The number of hydrogen-bond acceptors (Lipinski definition) is 3. The average molecular weight is 244 g/mol. The molecule has 0 aliphatic carbocycles. The van der Waals surface area contributed by atoms with E-state index in [1.807, 2.05) is 0 Å². The molecule has 2 unspecified atom stereocenters. The van der Waals surface area contributed by atoms with Crippen LogP contribution in [0.25, 0.3) is 0 Å². The van der Waals surface area contributed by atoms with Crippen molar-refractivity contribution >= 4 is 5.91 Å². The predicted octanol–water partition coefficient (Wildman–Crippen LogP) is 1.64. The standard InChI is InChI=1S/C13H28N2O2/c1-5-8-10(9-12(16)14-4)13(17)15-11(6-2)7-3/h10-11,13,15,17H,5-9H2,1-4H3,(H,14,16). The molecule has 0 radical (unpaired) electrons. The van der Waals surface area contributed by atoms with Gasteiger partial charge in [0.15, 0.2) is 0 Å². The van der Waals surface area contributed by atoms with E-state index in [1.165, 1.54) is 0 Å². The van der Waals surface area contributed by atoms with E-state index in [1.54, 1.807) is 7.05 Å². The molecule has 0 aliphatic rings. The summed E-state index contributed by atoms with van der Waals surface area (Å²) in [5.41, 5.74) is 0. The Morgan fingerprint density at radius 2 is 1.82 bits per heavy atom. The minimum Gasteiger partial charge on any atom is -0.378 e. The average Bonchev–Trinajstić information content (AvgIpc) is 2.34. The lowest BCUT2D eigenvalue weighted by Crippen LogP contribution is -2.43. The molecule has 0 heterocycles. The first-order chi connectivity index (χ1) is 8.08. The van der Waals surface area contributed by atoms with Gasteiger partial charge in [0.2, 0.25) is 5.91 Å². The van der Waals surface area contributed by atoms with Gasteiger partial charge in [-0.05, 0) is 19.3 Å². The number of aliphatic hydroxyl groups is 1. The highest BCUT2D eigenvalue weighted by Gasteiger charge is 2.22. The molecule has 0 saturated carbocycles. The molecule has 102 valence electrons. The Bertz CT molecular complexity index is 206. The summed E-state index contributed by atoms with van der Waals surface area (Å²) in [6.45, 7) is 6.27. The first-order valence-electron chi connectivity index (χ1n) is 6.73. The Labute approximate surface area is 105 Å². The van der Waals surface area contributed by atoms with Gasteiger partial charge >= 0.3 is 0 Å². The smallest absolute Gasteiger partial charge is 0.220 e.